The Morgan fingerprint density at radius 3 is 2.55 bits per heavy atom. The van der Waals surface area contributed by atoms with E-state index in [1.165, 1.54) is 13.0 Å². The van der Waals surface area contributed by atoms with Gasteiger partial charge in [-0.25, -0.2) is 4.39 Å². The van der Waals surface area contributed by atoms with Crippen molar-refractivity contribution in [3.8, 4) is 0 Å². The van der Waals surface area contributed by atoms with Crippen LogP contribution in [0, 0.1) is 17.8 Å². The first-order valence-corrected chi connectivity index (χ1v) is 15.1. The number of halogens is 3. The summed E-state index contributed by atoms with van der Waals surface area (Å²) in [6.07, 6.45) is 7.59. The SMILES string of the molecule is C=C(Cl)/C=C\C=C(/F)C1[C@H](CN(CC)c2ccc(NC(C)=O)cc2)CN(CC2CC2)[C@]1(C)c1ccc(Cl)cc1NC=O. The smallest absolute Gasteiger partial charge is 0.221 e. The predicted octanol–water partition coefficient (Wildman–Crippen LogP) is 7.73. The van der Waals surface area contributed by atoms with Crippen molar-refractivity contribution in [2.75, 3.05) is 41.7 Å². The second-order valence-electron chi connectivity index (χ2n) is 11.3. The van der Waals surface area contributed by atoms with E-state index in [0.717, 1.165) is 42.9 Å². The summed E-state index contributed by atoms with van der Waals surface area (Å²) in [5.41, 5.74) is 2.34. The minimum atomic E-state index is -0.774. The highest BCUT2D eigenvalue weighted by Crippen LogP contribution is 2.53. The van der Waals surface area contributed by atoms with Crippen LogP contribution in [-0.4, -0.2) is 43.4 Å². The number of anilines is 3. The normalized spacial score (nSPS) is 22.8. The number of likely N-dealkylation sites (tertiary alicyclic amines) is 1. The second kappa shape index (κ2) is 13.9. The van der Waals surface area contributed by atoms with E-state index >= 15 is 4.39 Å². The first-order chi connectivity index (χ1) is 20.1. The Balaban J connectivity index is 1.78. The lowest BCUT2D eigenvalue weighted by atomic mass is 9.74. The van der Waals surface area contributed by atoms with Gasteiger partial charge in [0.25, 0.3) is 0 Å². The third-order valence-electron chi connectivity index (χ3n) is 8.32. The molecular formula is C33H39Cl2FN4O2. The number of rotatable bonds is 13. The molecule has 0 radical (unpaired) electrons. The Morgan fingerprint density at radius 2 is 1.95 bits per heavy atom. The number of hydrogen-bond donors (Lipinski definition) is 2. The van der Waals surface area contributed by atoms with Crippen LogP contribution in [0.25, 0.3) is 0 Å². The van der Waals surface area contributed by atoms with Gasteiger partial charge in [0.15, 0.2) is 0 Å². The van der Waals surface area contributed by atoms with Crippen LogP contribution in [-0.2, 0) is 15.1 Å². The number of nitrogens with zero attached hydrogens (tertiary/aromatic N) is 2. The molecule has 0 spiro atoms. The molecule has 224 valence electrons. The van der Waals surface area contributed by atoms with Crippen molar-refractivity contribution in [2.24, 2.45) is 17.8 Å². The van der Waals surface area contributed by atoms with Gasteiger partial charge in [-0.1, -0.05) is 41.9 Å². The molecule has 3 atom stereocenters. The molecule has 2 aromatic rings. The Morgan fingerprint density at radius 1 is 1.24 bits per heavy atom. The second-order valence-corrected chi connectivity index (χ2v) is 12.2. The third kappa shape index (κ3) is 7.44. The zero-order valence-electron chi connectivity index (χ0n) is 24.4. The van der Waals surface area contributed by atoms with Crippen LogP contribution in [0.15, 0.2) is 78.1 Å². The summed E-state index contributed by atoms with van der Waals surface area (Å²) < 4.78 is 16.6. The molecule has 2 amide bonds. The van der Waals surface area contributed by atoms with E-state index in [-0.39, 0.29) is 17.7 Å². The number of nitrogens with one attached hydrogen (secondary N) is 2. The zero-order chi connectivity index (χ0) is 30.4. The van der Waals surface area contributed by atoms with Crippen molar-refractivity contribution in [3.63, 3.8) is 0 Å². The van der Waals surface area contributed by atoms with Crippen molar-refractivity contribution in [1.29, 1.82) is 0 Å². The fourth-order valence-electron chi connectivity index (χ4n) is 6.25. The molecular weight excluding hydrogens is 574 g/mol. The first kappa shape index (κ1) is 31.8. The van der Waals surface area contributed by atoms with Crippen LogP contribution < -0.4 is 15.5 Å². The van der Waals surface area contributed by atoms with Crippen LogP contribution in [0.4, 0.5) is 21.5 Å². The number of carbonyl (C=O) groups excluding carboxylic acids is 2. The van der Waals surface area contributed by atoms with Gasteiger partial charge in [0, 0.05) is 72.1 Å². The molecule has 0 bridgehead atoms. The molecule has 4 rings (SSSR count). The van der Waals surface area contributed by atoms with Crippen LogP contribution in [0.5, 0.6) is 0 Å². The van der Waals surface area contributed by atoms with E-state index in [9.17, 15) is 9.59 Å². The van der Waals surface area contributed by atoms with Crippen LogP contribution in [0.1, 0.15) is 39.2 Å². The molecule has 1 heterocycles. The Labute approximate surface area is 258 Å². The fourth-order valence-corrected chi connectivity index (χ4v) is 6.50. The Hall–Kier alpha value is -3.13. The largest absolute Gasteiger partial charge is 0.371 e. The van der Waals surface area contributed by atoms with E-state index < -0.39 is 11.5 Å². The molecule has 2 aliphatic rings. The maximum Gasteiger partial charge on any atom is 0.221 e. The number of carbonyl (C=O) groups is 2. The van der Waals surface area contributed by atoms with E-state index in [1.54, 1.807) is 24.3 Å². The molecule has 1 unspecified atom stereocenters. The molecule has 1 saturated heterocycles. The Bertz CT molecular complexity index is 1360. The maximum absolute atomic E-state index is 16.6. The van der Waals surface area contributed by atoms with Gasteiger partial charge in [-0.3, -0.25) is 14.5 Å². The lowest BCUT2D eigenvalue weighted by Crippen LogP contribution is -2.44. The molecule has 9 heteroatoms. The summed E-state index contributed by atoms with van der Waals surface area (Å²) in [5, 5.41) is 6.43. The molecule has 2 N–H and O–H groups in total. The summed E-state index contributed by atoms with van der Waals surface area (Å²) >= 11 is 12.3. The van der Waals surface area contributed by atoms with Crippen LogP contribution in [0.3, 0.4) is 0 Å². The van der Waals surface area contributed by atoms with Crippen molar-refractivity contribution in [2.45, 2.75) is 39.2 Å². The van der Waals surface area contributed by atoms with E-state index in [0.29, 0.717) is 41.2 Å². The first-order valence-electron chi connectivity index (χ1n) is 14.3. The highest BCUT2D eigenvalue weighted by Gasteiger charge is 2.55. The third-order valence-corrected chi connectivity index (χ3v) is 8.69. The van der Waals surface area contributed by atoms with Crippen LogP contribution in [0.2, 0.25) is 5.02 Å². The molecule has 42 heavy (non-hydrogen) atoms. The van der Waals surface area contributed by atoms with Crippen molar-refractivity contribution < 1.29 is 14.0 Å². The predicted molar refractivity (Wildman–Crippen MR) is 172 cm³/mol. The van der Waals surface area contributed by atoms with E-state index in [1.807, 2.05) is 30.3 Å². The minimum absolute atomic E-state index is 0.0904. The minimum Gasteiger partial charge on any atom is -0.371 e. The molecule has 2 aromatic carbocycles. The fraction of sp³-hybridized carbons (Fsp3) is 0.394. The van der Waals surface area contributed by atoms with Crippen molar-refractivity contribution >= 4 is 52.6 Å². The van der Waals surface area contributed by atoms with Gasteiger partial charge in [0.1, 0.15) is 5.83 Å². The van der Waals surface area contributed by atoms with Gasteiger partial charge in [-0.2, -0.15) is 0 Å². The summed E-state index contributed by atoms with van der Waals surface area (Å²) in [6.45, 7) is 12.2. The number of hydrogen-bond acceptors (Lipinski definition) is 4. The van der Waals surface area contributed by atoms with Gasteiger partial charge < -0.3 is 15.5 Å². The molecule has 1 saturated carbocycles. The van der Waals surface area contributed by atoms with Gasteiger partial charge in [-0.05, 0) is 86.7 Å². The zero-order valence-corrected chi connectivity index (χ0v) is 25.9. The quantitative estimate of drug-likeness (QED) is 0.179. The highest BCUT2D eigenvalue weighted by atomic mass is 35.5. The molecule has 0 aromatic heterocycles. The number of amides is 2. The number of allylic oxidation sites excluding steroid dienone is 4. The lowest BCUT2D eigenvalue weighted by Gasteiger charge is -2.41. The van der Waals surface area contributed by atoms with Gasteiger partial charge in [-0.15, -0.1) is 0 Å². The molecule has 1 aliphatic carbocycles. The molecule has 2 fully saturated rings. The van der Waals surface area contributed by atoms with Gasteiger partial charge in [0.05, 0.1) is 5.54 Å². The standard InChI is InChI=1S/C33H39Cl2FN4O2/c1-5-39(28-14-12-27(13-15-28)38-23(3)42)19-25-20-40(18-24-9-10-24)33(4,32(25)30(36)8-6-7-22(2)34)29-16-11-26(35)17-31(29)37-21-41/h6-8,11-17,21,24-25,32H,2,5,9-10,18-20H2,1,3-4H3,(H,37,41)(H,38,42)/b7-6-,30-8-/t25-,32?,33-/m1/s1. The topological polar surface area (TPSA) is 64.7 Å². The lowest BCUT2D eigenvalue weighted by molar-refractivity contribution is -0.114. The van der Waals surface area contributed by atoms with Crippen molar-refractivity contribution in [3.05, 3.63) is 88.7 Å². The van der Waals surface area contributed by atoms with Gasteiger partial charge >= 0.3 is 0 Å². The average Bonchev–Trinajstić information content (AvgIpc) is 3.70. The monoisotopic (exact) mass is 612 g/mol. The maximum atomic E-state index is 16.6. The van der Waals surface area contributed by atoms with E-state index in [4.69, 9.17) is 23.2 Å². The summed E-state index contributed by atoms with van der Waals surface area (Å²) in [7, 11) is 0. The summed E-state index contributed by atoms with van der Waals surface area (Å²) in [6, 6.07) is 13.1. The van der Waals surface area contributed by atoms with Gasteiger partial charge in [0.2, 0.25) is 12.3 Å². The van der Waals surface area contributed by atoms with Crippen LogP contribution >= 0.6 is 23.2 Å². The number of benzene rings is 2. The highest BCUT2D eigenvalue weighted by molar-refractivity contribution is 6.31. The van der Waals surface area contributed by atoms with E-state index in [2.05, 4.69) is 40.9 Å². The van der Waals surface area contributed by atoms with Crippen molar-refractivity contribution in [1.82, 2.24) is 4.90 Å². The average molecular weight is 614 g/mol. The summed E-state index contributed by atoms with van der Waals surface area (Å²) in [5.74, 6) is -0.454. The Kier molecular flexibility index (Phi) is 10.5. The molecule has 1 aliphatic heterocycles. The molecule has 6 nitrogen and oxygen atoms in total. The summed E-state index contributed by atoms with van der Waals surface area (Å²) in [4.78, 5) is 27.7.